The number of alkyl halides is 6. The van der Waals surface area contributed by atoms with Crippen molar-refractivity contribution in [1.29, 1.82) is 0 Å². The SMILES string of the molecule is C#Cc1cccc(-c2nnc(-c3cccc(C#C)c3)o2)c1.C#Cc1cccc(-c2nnc(-c3cccc(C#C)c3)o2)c1.O=S(=O)([O-])C(F)(F)F.O=S(=O)([O-])C(F)(F)F.[Ag+].[Ag+]. The third-order valence-electron chi connectivity index (χ3n) is 6.52. The molecule has 12 nitrogen and oxygen atoms in total. The number of hydrogen-bond acceptors (Lipinski definition) is 12. The van der Waals surface area contributed by atoms with Gasteiger partial charge in [0.05, 0.1) is 0 Å². The van der Waals surface area contributed by atoms with E-state index in [4.69, 9.17) is 60.5 Å². The minimum Gasteiger partial charge on any atom is -0.741 e. The first-order valence-electron chi connectivity index (χ1n) is 15.1. The number of aromatic nitrogens is 4. The molecule has 0 amide bonds. The third-order valence-corrected chi connectivity index (χ3v) is 7.66. The molecule has 0 N–H and O–H groups in total. The number of rotatable bonds is 4. The van der Waals surface area contributed by atoms with Crippen molar-refractivity contribution in [2.24, 2.45) is 0 Å². The summed E-state index contributed by atoms with van der Waals surface area (Å²) in [6.07, 6.45) is 21.6. The number of terminal acetylenes is 4. The van der Waals surface area contributed by atoms with Crippen LogP contribution in [0.1, 0.15) is 22.3 Å². The van der Waals surface area contributed by atoms with Crippen LogP contribution in [0.4, 0.5) is 26.3 Å². The fraction of sp³-hybridized carbons (Fsp3) is 0.0526. The van der Waals surface area contributed by atoms with Crippen LogP contribution in [0.3, 0.4) is 0 Å². The van der Waals surface area contributed by atoms with Crippen LogP contribution in [0, 0.1) is 49.4 Å². The van der Waals surface area contributed by atoms with Gasteiger partial charge in [-0.15, -0.1) is 46.1 Å². The molecule has 2 heterocycles. The van der Waals surface area contributed by atoms with E-state index in [1.165, 1.54) is 0 Å². The van der Waals surface area contributed by atoms with Gasteiger partial charge >= 0.3 is 55.8 Å². The largest absolute Gasteiger partial charge is 1.00 e. The van der Waals surface area contributed by atoms with Crippen LogP contribution in [-0.4, -0.2) is 57.4 Å². The van der Waals surface area contributed by atoms with Crippen LogP contribution in [-0.2, 0) is 65.0 Å². The molecule has 0 saturated carbocycles. The number of hydrogen-bond donors (Lipinski definition) is 0. The van der Waals surface area contributed by atoms with Gasteiger partial charge in [0.2, 0.25) is 23.6 Å². The number of nitrogens with zero attached hydrogens (tertiary/aromatic N) is 4. The Morgan fingerprint density at radius 3 is 0.783 bits per heavy atom. The Hall–Kier alpha value is -5.72. The number of benzene rings is 4. The van der Waals surface area contributed by atoms with Crippen LogP contribution in [0.25, 0.3) is 45.8 Å². The molecule has 60 heavy (non-hydrogen) atoms. The van der Waals surface area contributed by atoms with Crippen molar-refractivity contribution in [2.45, 2.75) is 11.0 Å². The predicted octanol–water partition coefficient (Wildman–Crippen LogP) is 6.83. The van der Waals surface area contributed by atoms with Gasteiger partial charge in [-0.05, 0) is 72.8 Å². The number of halogens is 6. The maximum absolute atomic E-state index is 10.7. The minimum absolute atomic E-state index is 0. The average molecular weight is 1050 g/mol. The monoisotopic (exact) mass is 1050 g/mol. The van der Waals surface area contributed by atoms with Crippen LogP contribution >= 0.6 is 0 Å². The zero-order valence-electron chi connectivity index (χ0n) is 29.3. The van der Waals surface area contributed by atoms with Crippen molar-refractivity contribution >= 4 is 20.2 Å². The van der Waals surface area contributed by atoms with E-state index in [2.05, 4.69) is 44.1 Å². The van der Waals surface area contributed by atoms with E-state index in [9.17, 15) is 26.3 Å². The maximum atomic E-state index is 10.7. The van der Waals surface area contributed by atoms with E-state index >= 15 is 0 Å². The van der Waals surface area contributed by atoms with E-state index < -0.39 is 31.3 Å². The zero-order valence-corrected chi connectivity index (χ0v) is 33.9. The van der Waals surface area contributed by atoms with E-state index in [1.807, 2.05) is 97.1 Å². The summed E-state index contributed by atoms with van der Waals surface area (Å²) >= 11 is 0. The van der Waals surface area contributed by atoms with Crippen LogP contribution < -0.4 is 0 Å². The third kappa shape index (κ3) is 15.5. The Labute approximate surface area is 369 Å². The minimum atomic E-state index is -6.09. The van der Waals surface area contributed by atoms with E-state index in [-0.39, 0.29) is 44.8 Å². The van der Waals surface area contributed by atoms with Crippen molar-refractivity contribution in [2.75, 3.05) is 0 Å². The molecule has 0 saturated heterocycles. The summed E-state index contributed by atoms with van der Waals surface area (Å²) in [5.74, 6) is 12.0. The Morgan fingerprint density at radius 2 is 0.633 bits per heavy atom. The Kier molecular flexibility index (Phi) is 19.7. The molecule has 0 unspecified atom stereocenters. The van der Waals surface area contributed by atoms with Crippen LogP contribution in [0.5, 0.6) is 0 Å². The Balaban J connectivity index is 0.000000435. The van der Waals surface area contributed by atoms with E-state index in [0.29, 0.717) is 23.6 Å². The molecule has 0 spiro atoms. The molecular weight excluding hydrogens is 1030 g/mol. The first kappa shape index (κ1) is 52.3. The summed E-state index contributed by atoms with van der Waals surface area (Å²) in [6.45, 7) is 0. The van der Waals surface area contributed by atoms with Gasteiger partial charge in [-0.2, -0.15) is 26.3 Å². The summed E-state index contributed by atoms with van der Waals surface area (Å²) in [6, 6.07) is 29.6. The van der Waals surface area contributed by atoms with E-state index in [1.54, 1.807) is 0 Å². The first-order chi connectivity index (χ1) is 27.1. The topological polar surface area (TPSA) is 192 Å². The smallest absolute Gasteiger partial charge is 0.741 e. The summed E-state index contributed by atoms with van der Waals surface area (Å²) in [4.78, 5) is 0. The molecule has 0 aliphatic rings. The van der Waals surface area contributed by atoms with E-state index in [0.717, 1.165) is 44.5 Å². The summed E-state index contributed by atoms with van der Waals surface area (Å²) in [7, 11) is -12.2. The molecule has 0 radical (unpaired) electrons. The van der Waals surface area contributed by atoms with Gasteiger partial charge < -0.3 is 17.9 Å². The van der Waals surface area contributed by atoms with Gasteiger partial charge in [0.15, 0.2) is 20.2 Å². The molecule has 4 aromatic carbocycles. The molecule has 6 rings (SSSR count). The second-order valence-corrected chi connectivity index (χ2v) is 13.3. The van der Waals surface area contributed by atoms with Crippen molar-refractivity contribution in [3.8, 4) is 95.2 Å². The molecule has 22 heteroatoms. The van der Waals surface area contributed by atoms with Crippen molar-refractivity contribution in [1.82, 2.24) is 20.4 Å². The molecule has 6 aromatic rings. The predicted molar refractivity (Wildman–Crippen MR) is 194 cm³/mol. The molecule has 0 aliphatic heterocycles. The van der Waals surface area contributed by atoms with Gasteiger partial charge in [-0.3, -0.25) is 0 Å². The fourth-order valence-electron chi connectivity index (χ4n) is 3.88. The second-order valence-electron chi connectivity index (χ2n) is 10.5. The Morgan fingerprint density at radius 1 is 0.450 bits per heavy atom. The molecular formula is C38H20Ag2F6N4O8S2. The first-order valence-corrected chi connectivity index (χ1v) is 17.9. The standard InChI is InChI=1S/2C18H10N2O.2CHF3O3S.2Ag/c2*1-3-13-7-5-9-15(11-13)17-19-20-18(21-17)16-10-6-8-14(4-2)12-16;2*2-1(3,4)8(5,6)7;;/h2*1-2,5-12H;2*(H,5,6,7);;/q;;;;2*+1/p-2. The second kappa shape index (κ2) is 22.6. The van der Waals surface area contributed by atoms with Crippen LogP contribution in [0.15, 0.2) is 106 Å². The fourth-order valence-corrected chi connectivity index (χ4v) is 3.88. The summed E-state index contributed by atoms with van der Waals surface area (Å²) in [5.41, 5.74) is -5.07. The van der Waals surface area contributed by atoms with Gasteiger partial charge in [-0.25, -0.2) is 16.8 Å². The van der Waals surface area contributed by atoms with Gasteiger partial charge in [0.1, 0.15) is 0 Å². The van der Waals surface area contributed by atoms with Gasteiger partial charge in [0.25, 0.3) is 0 Å². The van der Waals surface area contributed by atoms with Crippen LogP contribution in [0.2, 0.25) is 0 Å². The molecule has 0 atom stereocenters. The maximum Gasteiger partial charge on any atom is 1.00 e. The molecule has 2 aromatic heterocycles. The molecule has 316 valence electrons. The Bertz CT molecular complexity index is 2470. The van der Waals surface area contributed by atoms with Crippen molar-refractivity contribution in [3.63, 3.8) is 0 Å². The average Bonchev–Trinajstić information content (AvgIpc) is 3.89. The zero-order chi connectivity index (χ0) is 43.3. The summed E-state index contributed by atoms with van der Waals surface area (Å²) in [5, 5.41) is 16.2. The van der Waals surface area contributed by atoms with Gasteiger partial charge in [0, 0.05) is 44.5 Å². The normalized spacial score (nSPS) is 10.6. The quantitative estimate of drug-likeness (QED) is 0.0589. The summed E-state index contributed by atoms with van der Waals surface area (Å²) < 4.78 is 129. The van der Waals surface area contributed by atoms with Crippen molar-refractivity contribution in [3.05, 3.63) is 119 Å². The molecule has 0 fully saturated rings. The van der Waals surface area contributed by atoms with Crippen molar-refractivity contribution < 1.29 is 106 Å². The molecule has 0 aliphatic carbocycles. The molecule has 0 bridgehead atoms. The van der Waals surface area contributed by atoms with Gasteiger partial charge in [-0.1, -0.05) is 47.9 Å².